The van der Waals surface area contributed by atoms with Gasteiger partial charge in [0.05, 0.1) is 0 Å². The molecular formula is C21H25N3O2. The first-order chi connectivity index (χ1) is 12.6. The Morgan fingerprint density at radius 1 is 1.04 bits per heavy atom. The zero-order chi connectivity index (χ0) is 18.4. The van der Waals surface area contributed by atoms with Gasteiger partial charge in [0.15, 0.2) is 0 Å². The number of nitrogens with one attached hydrogen (secondary N) is 2. The van der Waals surface area contributed by atoms with E-state index in [9.17, 15) is 9.59 Å². The number of nitrogens with zero attached hydrogens (tertiary/aromatic N) is 1. The molecule has 0 unspecified atom stereocenters. The minimum absolute atomic E-state index is 0.0380. The van der Waals surface area contributed by atoms with Crippen LogP contribution in [-0.4, -0.2) is 29.9 Å². The molecule has 0 spiro atoms. The van der Waals surface area contributed by atoms with E-state index in [0.717, 1.165) is 11.3 Å². The van der Waals surface area contributed by atoms with Gasteiger partial charge in [-0.3, -0.25) is 4.79 Å². The van der Waals surface area contributed by atoms with Gasteiger partial charge in [-0.15, -0.1) is 0 Å². The highest BCUT2D eigenvalue weighted by atomic mass is 16.2. The average Bonchev–Trinajstić information content (AvgIpc) is 2.67. The number of hydrogen-bond acceptors (Lipinski definition) is 2. The Labute approximate surface area is 154 Å². The van der Waals surface area contributed by atoms with E-state index in [1.165, 1.54) is 5.56 Å². The Kier molecular flexibility index (Phi) is 5.89. The number of carbonyl (C=O) groups excluding carboxylic acids is 2. The molecule has 5 heteroatoms. The van der Waals surface area contributed by atoms with Gasteiger partial charge >= 0.3 is 6.03 Å². The molecule has 0 saturated carbocycles. The van der Waals surface area contributed by atoms with E-state index in [1.807, 2.05) is 55.5 Å². The van der Waals surface area contributed by atoms with Crippen LogP contribution in [0.2, 0.25) is 0 Å². The maximum Gasteiger partial charge on any atom is 0.317 e. The molecular weight excluding hydrogens is 326 g/mol. The molecule has 1 aliphatic rings. The van der Waals surface area contributed by atoms with Crippen LogP contribution in [0.1, 0.15) is 24.0 Å². The van der Waals surface area contributed by atoms with E-state index in [1.54, 1.807) is 4.90 Å². The van der Waals surface area contributed by atoms with E-state index in [0.29, 0.717) is 32.5 Å². The predicted molar refractivity (Wildman–Crippen MR) is 103 cm³/mol. The summed E-state index contributed by atoms with van der Waals surface area (Å²) >= 11 is 0. The van der Waals surface area contributed by atoms with Gasteiger partial charge in [-0.05, 0) is 37.5 Å². The van der Waals surface area contributed by atoms with Gasteiger partial charge in [0.2, 0.25) is 5.91 Å². The first-order valence-corrected chi connectivity index (χ1v) is 9.06. The van der Waals surface area contributed by atoms with E-state index in [2.05, 4.69) is 16.7 Å². The summed E-state index contributed by atoms with van der Waals surface area (Å²) in [5.41, 5.74) is 3.09. The molecule has 0 atom stereocenters. The zero-order valence-electron chi connectivity index (χ0n) is 15.1. The maximum atomic E-state index is 12.4. The number of carbonyl (C=O) groups is 2. The van der Waals surface area contributed by atoms with E-state index in [4.69, 9.17) is 0 Å². The quantitative estimate of drug-likeness (QED) is 0.885. The van der Waals surface area contributed by atoms with Crippen LogP contribution in [0.25, 0.3) is 0 Å². The SMILES string of the molecule is Cc1cccc(CNC(=O)N2CCC(C(=O)Nc3ccccc3)CC2)c1. The second kappa shape index (κ2) is 8.52. The van der Waals surface area contributed by atoms with Gasteiger partial charge in [0.1, 0.15) is 0 Å². The molecule has 0 radical (unpaired) electrons. The number of piperidine rings is 1. The number of para-hydroxylation sites is 1. The number of amides is 3. The second-order valence-corrected chi connectivity index (χ2v) is 6.76. The highest BCUT2D eigenvalue weighted by molar-refractivity contribution is 5.92. The predicted octanol–water partition coefficient (Wildman–Crippen LogP) is 3.56. The summed E-state index contributed by atoms with van der Waals surface area (Å²) in [6.07, 6.45) is 1.38. The van der Waals surface area contributed by atoms with Gasteiger partial charge < -0.3 is 15.5 Å². The standard InChI is InChI=1S/C21H25N3O2/c1-16-6-5-7-17(14-16)15-22-21(26)24-12-10-18(11-13-24)20(25)23-19-8-3-2-4-9-19/h2-9,14,18H,10-13,15H2,1H3,(H,22,26)(H,23,25). The van der Waals surface area contributed by atoms with Gasteiger partial charge in [-0.2, -0.15) is 0 Å². The molecule has 2 N–H and O–H groups in total. The average molecular weight is 351 g/mol. The highest BCUT2D eigenvalue weighted by Gasteiger charge is 2.27. The molecule has 3 rings (SSSR count). The summed E-state index contributed by atoms with van der Waals surface area (Å²) in [7, 11) is 0. The van der Waals surface area contributed by atoms with Crippen molar-refractivity contribution in [1.29, 1.82) is 0 Å². The Bertz CT molecular complexity index is 753. The molecule has 1 heterocycles. The molecule has 1 aliphatic heterocycles. The summed E-state index contributed by atoms with van der Waals surface area (Å²) in [5.74, 6) is -0.00736. The Hall–Kier alpha value is -2.82. The van der Waals surface area contributed by atoms with Gasteiger partial charge in [-0.25, -0.2) is 4.79 Å². The monoisotopic (exact) mass is 351 g/mol. The highest BCUT2D eigenvalue weighted by Crippen LogP contribution is 2.19. The second-order valence-electron chi connectivity index (χ2n) is 6.76. The fourth-order valence-electron chi connectivity index (χ4n) is 3.22. The Balaban J connectivity index is 1.44. The Morgan fingerprint density at radius 2 is 1.77 bits per heavy atom. The van der Waals surface area contributed by atoms with Gasteiger partial charge in [0.25, 0.3) is 0 Å². The van der Waals surface area contributed by atoms with Crippen molar-refractivity contribution in [3.63, 3.8) is 0 Å². The zero-order valence-corrected chi connectivity index (χ0v) is 15.1. The third kappa shape index (κ3) is 4.85. The van der Waals surface area contributed by atoms with Crippen molar-refractivity contribution in [1.82, 2.24) is 10.2 Å². The summed E-state index contributed by atoms with van der Waals surface area (Å²) in [4.78, 5) is 26.5. The lowest BCUT2D eigenvalue weighted by Crippen LogP contribution is -2.45. The molecule has 26 heavy (non-hydrogen) atoms. The number of hydrogen-bond donors (Lipinski definition) is 2. The molecule has 136 valence electrons. The summed E-state index contributed by atoms with van der Waals surface area (Å²) in [5, 5.41) is 5.92. The van der Waals surface area contributed by atoms with E-state index in [-0.39, 0.29) is 17.9 Å². The number of rotatable bonds is 4. The normalized spacial score (nSPS) is 14.7. The minimum atomic E-state index is -0.0616. The number of anilines is 1. The van der Waals surface area contributed by atoms with Crippen LogP contribution in [0.15, 0.2) is 54.6 Å². The molecule has 1 fully saturated rings. The molecule has 0 bridgehead atoms. The number of urea groups is 1. The third-order valence-electron chi connectivity index (χ3n) is 4.72. The molecule has 1 saturated heterocycles. The van der Waals surface area contributed by atoms with Crippen molar-refractivity contribution in [3.8, 4) is 0 Å². The largest absolute Gasteiger partial charge is 0.334 e. The molecule has 3 amide bonds. The summed E-state index contributed by atoms with van der Waals surface area (Å²) < 4.78 is 0. The van der Waals surface area contributed by atoms with Crippen molar-refractivity contribution >= 4 is 17.6 Å². The summed E-state index contributed by atoms with van der Waals surface area (Å²) in [6, 6.07) is 17.5. The van der Waals surface area contributed by atoms with Crippen LogP contribution in [0.5, 0.6) is 0 Å². The lowest BCUT2D eigenvalue weighted by Gasteiger charge is -2.31. The van der Waals surface area contributed by atoms with E-state index < -0.39 is 0 Å². The number of benzene rings is 2. The maximum absolute atomic E-state index is 12.4. The van der Waals surface area contributed by atoms with Crippen molar-refractivity contribution in [2.45, 2.75) is 26.3 Å². The molecule has 0 aliphatic carbocycles. The smallest absolute Gasteiger partial charge is 0.317 e. The third-order valence-corrected chi connectivity index (χ3v) is 4.72. The van der Waals surface area contributed by atoms with Gasteiger partial charge in [0, 0.05) is 31.2 Å². The Morgan fingerprint density at radius 3 is 2.46 bits per heavy atom. The lowest BCUT2D eigenvalue weighted by molar-refractivity contribution is -0.121. The van der Waals surface area contributed by atoms with E-state index >= 15 is 0 Å². The van der Waals surface area contributed by atoms with Gasteiger partial charge in [-0.1, -0.05) is 48.0 Å². The van der Waals surface area contributed by atoms with Crippen LogP contribution in [0, 0.1) is 12.8 Å². The van der Waals surface area contributed by atoms with Crippen LogP contribution in [-0.2, 0) is 11.3 Å². The first kappa shape index (κ1) is 18.0. The van der Waals surface area contributed by atoms with Crippen molar-refractivity contribution in [3.05, 3.63) is 65.7 Å². The molecule has 0 aromatic heterocycles. The molecule has 5 nitrogen and oxygen atoms in total. The topological polar surface area (TPSA) is 61.4 Å². The van der Waals surface area contributed by atoms with Crippen LogP contribution < -0.4 is 10.6 Å². The van der Waals surface area contributed by atoms with Crippen molar-refractivity contribution < 1.29 is 9.59 Å². The minimum Gasteiger partial charge on any atom is -0.334 e. The van der Waals surface area contributed by atoms with Crippen LogP contribution >= 0.6 is 0 Å². The number of likely N-dealkylation sites (tertiary alicyclic amines) is 1. The van der Waals surface area contributed by atoms with Crippen molar-refractivity contribution in [2.24, 2.45) is 5.92 Å². The fraction of sp³-hybridized carbons (Fsp3) is 0.333. The first-order valence-electron chi connectivity index (χ1n) is 9.06. The molecule has 2 aromatic carbocycles. The van der Waals surface area contributed by atoms with Crippen molar-refractivity contribution in [2.75, 3.05) is 18.4 Å². The fourth-order valence-corrected chi connectivity index (χ4v) is 3.22. The number of aryl methyl sites for hydroxylation is 1. The lowest BCUT2D eigenvalue weighted by atomic mass is 9.96. The van der Waals surface area contributed by atoms with Crippen LogP contribution in [0.4, 0.5) is 10.5 Å². The molecule has 2 aromatic rings. The summed E-state index contributed by atoms with van der Waals surface area (Å²) in [6.45, 7) is 3.77. The van der Waals surface area contributed by atoms with Crippen LogP contribution in [0.3, 0.4) is 0 Å².